The second-order valence-electron chi connectivity index (χ2n) is 5.96. The van der Waals surface area contributed by atoms with Crippen molar-refractivity contribution in [2.75, 3.05) is 19.3 Å². The van der Waals surface area contributed by atoms with Crippen LogP contribution < -0.4 is 5.32 Å². The Morgan fingerprint density at radius 2 is 1.79 bits per heavy atom. The van der Waals surface area contributed by atoms with Crippen LogP contribution in [0.1, 0.15) is 52.9 Å². The molecular formula is C14H30N2O2S. The molecule has 0 amide bonds. The zero-order chi connectivity index (χ0) is 14.5. The van der Waals surface area contributed by atoms with Gasteiger partial charge in [0.25, 0.3) is 0 Å². The van der Waals surface area contributed by atoms with Gasteiger partial charge in [-0.05, 0) is 31.6 Å². The van der Waals surface area contributed by atoms with Gasteiger partial charge in [-0.3, -0.25) is 0 Å². The van der Waals surface area contributed by atoms with Crippen LogP contribution in [0.15, 0.2) is 0 Å². The first-order valence-electron chi connectivity index (χ1n) is 7.58. The van der Waals surface area contributed by atoms with Crippen molar-refractivity contribution in [2.45, 2.75) is 65.0 Å². The molecule has 1 N–H and O–H groups in total. The molecule has 0 radical (unpaired) electrons. The fourth-order valence-corrected chi connectivity index (χ4v) is 3.57. The van der Waals surface area contributed by atoms with Crippen molar-refractivity contribution < 1.29 is 8.42 Å². The summed E-state index contributed by atoms with van der Waals surface area (Å²) in [5.74, 6) is 0.758. The molecule has 0 aliphatic carbocycles. The first kappa shape index (κ1) is 16.9. The van der Waals surface area contributed by atoms with Crippen LogP contribution in [0.5, 0.6) is 0 Å². The molecule has 0 bridgehead atoms. The summed E-state index contributed by atoms with van der Waals surface area (Å²) in [6, 6.07) is 1.05. The highest BCUT2D eigenvalue weighted by atomic mass is 32.2. The standard InChI is InChI=1S/C14H30N2O2S/c1-5-12(3)11-13(6-2)15-14-7-9-16(10-8-14)19(4,17)18/h12-15H,5-11H2,1-4H3. The number of nitrogens with one attached hydrogen (secondary N) is 1. The third-order valence-corrected chi connectivity index (χ3v) is 5.57. The highest BCUT2D eigenvalue weighted by molar-refractivity contribution is 7.88. The van der Waals surface area contributed by atoms with Crippen LogP contribution >= 0.6 is 0 Å². The normalized spacial score (nSPS) is 22.3. The summed E-state index contributed by atoms with van der Waals surface area (Å²) in [7, 11) is -3.00. The maximum absolute atomic E-state index is 11.5. The third kappa shape index (κ3) is 5.79. The first-order chi connectivity index (χ1) is 8.86. The molecule has 1 aliphatic heterocycles. The van der Waals surface area contributed by atoms with Gasteiger partial charge in [-0.1, -0.05) is 27.2 Å². The zero-order valence-electron chi connectivity index (χ0n) is 12.9. The van der Waals surface area contributed by atoms with Crippen molar-refractivity contribution in [1.29, 1.82) is 0 Å². The minimum atomic E-state index is -3.00. The van der Waals surface area contributed by atoms with E-state index in [0.29, 0.717) is 25.2 Å². The predicted octanol–water partition coefficient (Wildman–Crippen LogP) is 2.21. The van der Waals surface area contributed by atoms with Gasteiger partial charge in [0.05, 0.1) is 6.26 Å². The molecule has 0 aromatic carbocycles. The van der Waals surface area contributed by atoms with Crippen LogP contribution in [0.4, 0.5) is 0 Å². The fourth-order valence-electron chi connectivity index (χ4n) is 2.69. The fraction of sp³-hybridized carbons (Fsp3) is 1.00. The monoisotopic (exact) mass is 290 g/mol. The molecule has 0 aromatic heterocycles. The van der Waals surface area contributed by atoms with E-state index in [4.69, 9.17) is 0 Å². The van der Waals surface area contributed by atoms with Crippen LogP contribution in [0, 0.1) is 5.92 Å². The summed E-state index contributed by atoms with van der Waals surface area (Å²) in [6.45, 7) is 8.09. The van der Waals surface area contributed by atoms with Crippen molar-refractivity contribution in [2.24, 2.45) is 5.92 Å². The van der Waals surface area contributed by atoms with Gasteiger partial charge >= 0.3 is 0 Å². The molecule has 4 nitrogen and oxygen atoms in total. The molecule has 2 atom stereocenters. The van der Waals surface area contributed by atoms with Gasteiger partial charge in [0.2, 0.25) is 10.0 Å². The lowest BCUT2D eigenvalue weighted by atomic mass is 9.96. The maximum Gasteiger partial charge on any atom is 0.211 e. The summed E-state index contributed by atoms with van der Waals surface area (Å²) in [5.41, 5.74) is 0. The van der Waals surface area contributed by atoms with Crippen molar-refractivity contribution in [3.8, 4) is 0 Å². The third-order valence-electron chi connectivity index (χ3n) is 4.27. The average Bonchev–Trinajstić information content (AvgIpc) is 2.37. The summed E-state index contributed by atoms with van der Waals surface area (Å²) in [5, 5.41) is 3.72. The Bertz CT molecular complexity index is 348. The van der Waals surface area contributed by atoms with Gasteiger partial charge in [-0.15, -0.1) is 0 Å². The van der Waals surface area contributed by atoms with Gasteiger partial charge in [0, 0.05) is 25.2 Å². The SMILES string of the molecule is CCC(C)CC(CC)NC1CCN(S(C)(=O)=O)CC1. The van der Waals surface area contributed by atoms with Gasteiger partial charge in [0.1, 0.15) is 0 Å². The van der Waals surface area contributed by atoms with Gasteiger partial charge in [-0.2, -0.15) is 0 Å². The number of piperidine rings is 1. The van der Waals surface area contributed by atoms with Crippen molar-refractivity contribution in [3.63, 3.8) is 0 Å². The largest absolute Gasteiger partial charge is 0.311 e. The quantitative estimate of drug-likeness (QED) is 0.782. The maximum atomic E-state index is 11.5. The van der Waals surface area contributed by atoms with E-state index in [2.05, 4.69) is 26.1 Å². The number of nitrogens with zero attached hydrogens (tertiary/aromatic N) is 1. The van der Waals surface area contributed by atoms with Crippen LogP contribution in [0.3, 0.4) is 0 Å². The van der Waals surface area contributed by atoms with Crippen LogP contribution in [0.2, 0.25) is 0 Å². The lowest BCUT2D eigenvalue weighted by Gasteiger charge is -2.33. The Kier molecular flexibility index (Phi) is 6.77. The second-order valence-corrected chi connectivity index (χ2v) is 7.94. The molecule has 0 saturated carbocycles. The summed E-state index contributed by atoms with van der Waals surface area (Å²) in [4.78, 5) is 0. The Hall–Kier alpha value is -0.130. The van der Waals surface area contributed by atoms with Crippen molar-refractivity contribution >= 4 is 10.0 Å². The molecular weight excluding hydrogens is 260 g/mol. The lowest BCUT2D eigenvalue weighted by molar-refractivity contribution is 0.258. The van der Waals surface area contributed by atoms with Gasteiger partial charge in [-0.25, -0.2) is 12.7 Å². The predicted molar refractivity (Wildman–Crippen MR) is 80.7 cm³/mol. The minimum Gasteiger partial charge on any atom is -0.311 e. The molecule has 1 rings (SSSR count). The van der Waals surface area contributed by atoms with E-state index >= 15 is 0 Å². The molecule has 0 aromatic rings. The van der Waals surface area contributed by atoms with E-state index in [0.717, 1.165) is 25.2 Å². The zero-order valence-corrected chi connectivity index (χ0v) is 13.7. The molecule has 1 heterocycles. The van der Waals surface area contributed by atoms with Gasteiger partial charge < -0.3 is 5.32 Å². The Balaban J connectivity index is 2.39. The van der Waals surface area contributed by atoms with E-state index < -0.39 is 10.0 Å². The number of sulfonamides is 1. The van der Waals surface area contributed by atoms with Crippen molar-refractivity contribution in [3.05, 3.63) is 0 Å². The molecule has 1 fully saturated rings. The molecule has 2 unspecified atom stereocenters. The van der Waals surface area contributed by atoms with E-state index in [1.165, 1.54) is 19.1 Å². The lowest BCUT2D eigenvalue weighted by Crippen LogP contribution is -2.47. The Labute approximate surface area is 119 Å². The number of hydrogen-bond acceptors (Lipinski definition) is 3. The number of rotatable bonds is 7. The second kappa shape index (κ2) is 7.60. The van der Waals surface area contributed by atoms with E-state index in [1.807, 2.05) is 0 Å². The van der Waals surface area contributed by atoms with Crippen molar-refractivity contribution in [1.82, 2.24) is 9.62 Å². The van der Waals surface area contributed by atoms with E-state index in [9.17, 15) is 8.42 Å². The van der Waals surface area contributed by atoms with Crippen LogP contribution in [-0.4, -0.2) is 44.2 Å². The Morgan fingerprint density at radius 1 is 1.21 bits per heavy atom. The Morgan fingerprint density at radius 3 is 2.21 bits per heavy atom. The molecule has 114 valence electrons. The first-order valence-corrected chi connectivity index (χ1v) is 9.42. The van der Waals surface area contributed by atoms with E-state index in [-0.39, 0.29) is 0 Å². The highest BCUT2D eigenvalue weighted by Crippen LogP contribution is 2.17. The molecule has 19 heavy (non-hydrogen) atoms. The number of hydrogen-bond donors (Lipinski definition) is 1. The molecule has 1 saturated heterocycles. The molecule has 5 heteroatoms. The van der Waals surface area contributed by atoms with Gasteiger partial charge in [0.15, 0.2) is 0 Å². The summed E-state index contributed by atoms with van der Waals surface area (Å²) < 4.78 is 24.5. The van der Waals surface area contributed by atoms with Crippen LogP contribution in [0.25, 0.3) is 0 Å². The smallest absolute Gasteiger partial charge is 0.211 e. The highest BCUT2D eigenvalue weighted by Gasteiger charge is 2.26. The minimum absolute atomic E-state index is 0.479. The average molecular weight is 290 g/mol. The topological polar surface area (TPSA) is 49.4 Å². The van der Waals surface area contributed by atoms with Crippen LogP contribution in [-0.2, 0) is 10.0 Å². The molecule has 0 spiro atoms. The molecule has 1 aliphatic rings. The van der Waals surface area contributed by atoms with E-state index in [1.54, 1.807) is 4.31 Å². The summed E-state index contributed by atoms with van der Waals surface area (Å²) in [6.07, 6.45) is 6.77. The summed E-state index contributed by atoms with van der Waals surface area (Å²) >= 11 is 0.